The van der Waals surface area contributed by atoms with Crippen LogP contribution in [-0.4, -0.2) is 22.6 Å². The number of halogens is 1. The van der Waals surface area contributed by atoms with Gasteiger partial charge in [0.25, 0.3) is 0 Å². The van der Waals surface area contributed by atoms with Crippen LogP contribution in [0, 0.1) is 29.7 Å². The zero-order valence-electron chi connectivity index (χ0n) is 10.4. The second kappa shape index (κ2) is 4.29. The van der Waals surface area contributed by atoms with E-state index in [4.69, 9.17) is 10.5 Å². The number of fused-ring (bicyclic) bond motifs is 1. The third kappa shape index (κ3) is 1.78. The fraction of sp³-hybridized carbons (Fsp3) is 0.286. The van der Waals surface area contributed by atoms with E-state index in [1.807, 2.05) is 25.3 Å². The number of nitriles is 2. The second-order valence-electron chi connectivity index (χ2n) is 4.84. The van der Waals surface area contributed by atoms with Crippen molar-refractivity contribution >= 4 is 26.8 Å². The van der Waals surface area contributed by atoms with Gasteiger partial charge in [0.2, 0.25) is 0 Å². The van der Waals surface area contributed by atoms with Gasteiger partial charge in [-0.2, -0.15) is 10.5 Å². The molecule has 2 aromatic rings. The third-order valence-electron chi connectivity index (χ3n) is 3.65. The van der Waals surface area contributed by atoms with Gasteiger partial charge in [-0.05, 0) is 40.5 Å². The van der Waals surface area contributed by atoms with Crippen molar-refractivity contribution < 1.29 is 0 Å². The Labute approximate surface area is 119 Å². The van der Waals surface area contributed by atoms with Gasteiger partial charge in [-0.1, -0.05) is 0 Å². The summed E-state index contributed by atoms with van der Waals surface area (Å²) in [6.07, 6.45) is 4.20. The summed E-state index contributed by atoms with van der Waals surface area (Å²) in [5.74, 6) is 0. The minimum absolute atomic E-state index is 0.334. The Hall–Kier alpha value is -1.98. The van der Waals surface area contributed by atoms with Crippen LogP contribution in [0.4, 0.5) is 0 Å². The Morgan fingerprint density at radius 1 is 1.32 bits per heavy atom. The lowest BCUT2D eigenvalue weighted by molar-refractivity contribution is 0.180. The number of hydrogen-bond acceptors (Lipinski definition) is 3. The molecule has 0 aliphatic carbocycles. The Kier molecular flexibility index (Phi) is 2.73. The summed E-state index contributed by atoms with van der Waals surface area (Å²) in [6.45, 7) is 3.46. The number of rotatable bonds is 1. The fourth-order valence-corrected chi connectivity index (χ4v) is 3.03. The molecule has 0 bridgehead atoms. The van der Waals surface area contributed by atoms with Crippen LogP contribution in [0.25, 0.3) is 10.9 Å². The molecule has 5 heteroatoms. The summed E-state index contributed by atoms with van der Waals surface area (Å²) >= 11 is 3.55. The molecule has 19 heavy (non-hydrogen) atoms. The van der Waals surface area contributed by atoms with Crippen LogP contribution >= 0.6 is 15.9 Å². The topological polar surface area (TPSA) is 55.8 Å². The minimum Gasteiger partial charge on any atom is -0.340 e. The normalized spacial score (nSPS) is 15.1. The summed E-state index contributed by atoms with van der Waals surface area (Å²) in [7, 11) is 0. The van der Waals surface area contributed by atoms with Gasteiger partial charge in [-0.3, -0.25) is 0 Å². The molecule has 2 heterocycles. The third-order valence-corrected chi connectivity index (χ3v) is 4.28. The predicted octanol–water partition coefficient (Wildman–Crippen LogP) is 2.92. The first-order valence-corrected chi connectivity index (χ1v) is 6.79. The Balaban J connectivity index is 2.11. The number of aromatic nitrogens is 1. The van der Waals surface area contributed by atoms with Gasteiger partial charge in [0, 0.05) is 21.6 Å². The van der Waals surface area contributed by atoms with E-state index in [0.717, 1.165) is 34.0 Å². The van der Waals surface area contributed by atoms with Gasteiger partial charge in [0.05, 0.1) is 30.8 Å². The average Bonchev–Trinajstić information content (AvgIpc) is 2.64. The van der Waals surface area contributed by atoms with E-state index in [2.05, 4.69) is 32.8 Å². The summed E-state index contributed by atoms with van der Waals surface area (Å²) in [5, 5.41) is 19.0. The van der Waals surface area contributed by atoms with Crippen LogP contribution in [0.15, 0.2) is 22.8 Å². The van der Waals surface area contributed by atoms with E-state index in [0.29, 0.717) is 11.6 Å². The van der Waals surface area contributed by atoms with Gasteiger partial charge in [0.1, 0.15) is 0 Å². The first-order valence-electron chi connectivity index (χ1n) is 5.99. The Morgan fingerprint density at radius 2 is 2.05 bits per heavy atom. The smallest absolute Gasteiger partial charge is 0.179 e. The van der Waals surface area contributed by atoms with Crippen molar-refractivity contribution in [2.24, 2.45) is 0 Å². The lowest BCUT2D eigenvalue weighted by Crippen LogP contribution is -2.44. The van der Waals surface area contributed by atoms with E-state index in [9.17, 15) is 0 Å². The molecule has 0 saturated carbocycles. The minimum atomic E-state index is 0.334. The molecule has 0 unspecified atom stereocenters. The van der Waals surface area contributed by atoms with Crippen LogP contribution in [0.2, 0.25) is 0 Å². The highest BCUT2D eigenvalue weighted by atomic mass is 79.9. The highest BCUT2D eigenvalue weighted by molar-refractivity contribution is 9.10. The number of benzene rings is 1. The molecule has 1 aromatic heterocycles. The maximum absolute atomic E-state index is 9.09. The molecule has 0 amide bonds. The van der Waals surface area contributed by atoms with Crippen LogP contribution in [0.5, 0.6) is 0 Å². The first-order chi connectivity index (χ1) is 9.13. The maximum Gasteiger partial charge on any atom is 0.179 e. The van der Waals surface area contributed by atoms with E-state index < -0.39 is 0 Å². The van der Waals surface area contributed by atoms with Gasteiger partial charge in [-0.15, -0.1) is 0 Å². The van der Waals surface area contributed by atoms with Gasteiger partial charge >= 0.3 is 0 Å². The SMILES string of the molecule is Cc1cc2c(cc1C#N)c(Br)cn2C1CN(C#N)C1. The quantitative estimate of drug-likeness (QED) is 0.760. The highest BCUT2D eigenvalue weighted by Crippen LogP contribution is 2.33. The Morgan fingerprint density at radius 3 is 2.68 bits per heavy atom. The largest absolute Gasteiger partial charge is 0.340 e. The summed E-state index contributed by atoms with van der Waals surface area (Å²) in [6, 6.07) is 6.52. The van der Waals surface area contributed by atoms with Crippen molar-refractivity contribution in [3.63, 3.8) is 0 Å². The molecular formula is C14H11BrN4. The van der Waals surface area contributed by atoms with E-state index in [-0.39, 0.29) is 0 Å². The van der Waals surface area contributed by atoms with Crippen molar-refractivity contribution in [2.75, 3.05) is 13.1 Å². The maximum atomic E-state index is 9.09. The average molecular weight is 315 g/mol. The molecule has 0 spiro atoms. The molecule has 94 valence electrons. The van der Waals surface area contributed by atoms with Crippen molar-refractivity contribution in [1.29, 1.82) is 10.5 Å². The molecule has 1 aliphatic heterocycles. The number of nitrogens with zero attached hydrogens (tertiary/aromatic N) is 4. The molecule has 0 radical (unpaired) electrons. The lowest BCUT2D eigenvalue weighted by Gasteiger charge is -2.36. The molecular weight excluding hydrogens is 304 g/mol. The molecule has 1 aliphatic rings. The lowest BCUT2D eigenvalue weighted by atomic mass is 10.1. The van der Waals surface area contributed by atoms with Crippen LogP contribution in [0.1, 0.15) is 17.2 Å². The molecule has 1 aromatic carbocycles. The van der Waals surface area contributed by atoms with Crippen LogP contribution < -0.4 is 0 Å². The predicted molar refractivity (Wildman–Crippen MR) is 75.3 cm³/mol. The molecule has 0 atom stereocenters. The number of hydrogen-bond donors (Lipinski definition) is 0. The molecule has 4 nitrogen and oxygen atoms in total. The van der Waals surface area contributed by atoms with E-state index in [1.165, 1.54) is 0 Å². The standard InChI is InChI=1S/C14H11BrN4/c1-9-2-14-12(3-10(9)4-16)13(15)7-19(14)11-5-18(6-11)8-17/h2-3,7,11H,5-6H2,1H3. The van der Waals surface area contributed by atoms with Crippen LogP contribution in [-0.2, 0) is 0 Å². The van der Waals surface area contributed by atoms with E-state index in [1.54, 1.807) is 4.90 Å². The van der Waals surface area contributed by atoms with Crippen molar-refractivity contribution in [3.05, 3.63) is 33.9 Å². The van der Waals surface area contributed by atoms with Gasteiger partial charge in [0.15, 0.2) is 6.19 Å². The van der Waals surface area contributed by atoms with E-state index >= 15 is 0 Å². The number of likely N-dealkylation sites (tertiary alicyclic amines) is 1. The molecule has 1 fully saturated rings. The first kappa shape index (κ1) is 12.1. The molecule has 1 saturated heterocycles. The second-order valence-corrected chi connectivity index (χ2v) is 5.69. The Bertz CT molecular complexity index is 741. The molecule has 0 N–H and O–H groups in total. The fourth-order valence-electron chi connectivity index (χ4n) is 2.49. The van der Waals surface area contributed by atoms with Crippen LogP contribution in [0.3, 0.4) is 0 Å². The van der Waals surface area contributed by atoms with Crippen molar-refractivity contribution in [1.82, 2.24) is 9.47 Å². The summed E-state index contributed by atoms with van der Waals surface area (Å²) in [5.41, 5.74) is 2.81. The summed E-state index contributed by atoms with van der Waals surface area (Å²) in [4.78, 5) is 1.74. The zero-order valence-corrected chi connectivity index (χ0v) is 12.0. The monoisotopic (exact) mass is 314 g/mol. The van der Waals surface area contributed by atoms with Crippen molar-refractivity contribution in [3.8, 4) is 12.3 Å². The van der Waals surface area contributed by atoms with Crippen molar-refractivity contribution in [2.45, 2.75) is 13.0 Å². The molecule has 3 rings (SSSR count). The highest BCUT2D eigenvalue weighted by Gasteiger charge is 2.28. The van der Waals surface area contributed by atoms with Gasteiger partial charge < -0.3 is 9.47 Å². The number of aryl methyl sites for hydroxylation is 1. The summed E-state index contributed by atoms with van der Waals surface area (Å²) < 4.78 is 3.19. The zero-order chi connectivity index (χ0) is 13.6. The van der Waals surface area contributed by atoms with Gasteiger partial charge in [-0.25, -0.2) is 0 Å².